The van der Waals surface area contributed by atoms with E-state index >= 15 is 0 Å². The summed E-state index contributed by atoms with van der Waals surface area (Å²) in [7, 11) is 0. The van der Waals surface area contributed by atoms with E-state index < -0.39 is 5.97 Å². The molecule has 0 unspecified atom stereocenters. The number of hydrogen-bond acceptors (Lipinski definition) is 4. The fraction of sp³-hybridized carbons (Fsp3) is 0.0769. The van der Waals surface area contributed by atoms with Crippen LogP contribution in [-0.2, 0) is 0 Å². The molecule has 0 radical (unpaired) electrons. The maximum absolute atomic E-state index is 11.0. The van der Waals surface area contributed by atoms with Crippen molar-refractivity contribution >= 4 is 28.7 Å². The van der Waals surface area contributed by atoms with Crippen LogP contribution in [-0.4, -0.2) is 16.8 Å². The van der Waals surface area contributed by atoms with E-state index in [1.807, 2.05) is 24.4 Å². The average Bonchev–Trinajstić information content (AvgIpc) is 2.90. The fourth-order valence-electron chi connectivity index (χ4n) is 1.45. The summed E-state index contributed by atoms with van der Waals surface area (Å²) in [5, 5.41) is 15.2. The molecule has 0 amide bonds. The number of thiophene rings is 1. The summed E-state index contributed by atoms with van der Waals surface area (Å²) in [5.41, 5.74) is 4.32. The highest BCUT2D eigenvalue weighted by molar-refractivity contribution is 7.12. The molecule has 5 heteroatoms. The molecule has 2 aromatic rings. The minimum atomic E-state index is -0.970. The van der Waals surface area contributed by atoms with E-state index in [0.29, 0.717) is 5.69 Å². The van der Waals surface area contributed by atoms with Gasteiger partial charge < -0.3 is 5.11 Å². The molecule has 1 heterocycles. The number of carboxylic acid groups (broad SMARTS) is 1. The lowest BCUT2D eigenvalue weighted by molar-refractivity contribution is 0.0698. The molecule has 0 fully saturated rings. The molecule has 92 valence electrons. The monoisotopic (exact) mass is 260 g/mol. The summed E-state index contributed by atoms with van der Waals surface area (Å²) in [5.74, 6) is -0.970. The Morgan fingerprint density at radius 1 is 1.28 bits per heavy atom. The molecule has 1 aromatic heterocycles. The third-order valence-electron chi connectivity index (χ3n) is 2.38. The van der Waals surface area contributed by atoms with Gasteiger partial charge in [0.1, 0.15) is 0 Å². The first-order valence-corrected chi connectivity index (χ1v) is 6.23. The molecule has 18 heavy (non-hydrogen) atoms. The van der Waals surface area contributed by atoms with Crippen LogP contribution in [0, 0.1) is 0 Å². The van der Waals surface area contributed by atoms with Crippen molar-refractivity contribution in [3.8, 4) is 0 Å². The molecule has 1 aromatic carbocycles. The van der Waals surface area contributed by atoms with Gasteiger partial charge >= 0.3 is 5.97 Å². The van der Waals surface area contributed by atoms with Gasteiger partial charge in [-0.1, -0.05) is 18.2 Å². The molecule has 0 saturated heterocycles. The van der Waals surface area contributed by atoms with E-state index in [1.54, 1.807) is 35.6 Å². The molecular formula is C13H12N2O2S. The second kappa shape index (κ2) is 5.46. The first-order chi connectivity index (χ1) is 8.68. The number of anilines is 1. The molecule has 0 atom stereocenters. The number of hydrogen-bond donors (Lipinski definition) is 2. The first kappa shape index (κ1) is 12.3. The van der Waals surface area contributed by atoms with E-state index in [1.165, 1.54) is 0 Å². The summed E-state index contributed by atoms with van der Waals surface area (Å²) in [6.45, 7) is 1.88. The van der Waals surface area contributed by atoms with Crippen LogP contribution in [0.5, 0.6) is 0 Å². The molecule has 0 spiro atoms. The second-order valence-corrected chi connectivity index (χ2v) is 4.58. The highest BCUT2D eigenvalue weighted by Crippen LogP contribution is 2.16. The number of para-hydroxylation sites is 1. The van der Waals surface area contributed by atoms with E-state index in [0.717, 1.165) is 10.6 Å². The summed E-state index contributed by atoms with van der Waals surface area (Å²) in [4.78, 5) is 12.1. The molecule has 2 rings (SSSR count). The minimum absolute atomic E-state index is 0.209. The molecule has 0 aliphatic rings. The molecule has 4 nitrogen and oxygen atoms in total. The van der Waals surface area contributed by atoms with Gasteiger partial charge in [0.05, 0.1) is 17.0 Å². The number of carbonyl (C=O) groups is 1. The van der Waals surface area contributed by atoms with Gasteiger partial charge in [-0.25, -0.2) is 4.79 Å². The number of aromatic carboxylic acids is 1. The fourth-order valence-corrected chi connectivity index (χ4v) is 2.13. The molecule has 0 aliphatic heterocycles. The van der Waals surface area contributed by atoms with Crippen molar-refractivity contribution in [3.05, 3.63) is 52.2 Å². The van der Waals surface area contributed by atoms with Crippen LogP contribution in [0.2, 0.25) is 0 Å². The molecule has 2 N–H and O–H groups in total. The second-order valence-electron chi connectivity index (χ2n) is 3.64. The highest BCUT2D eigenvalue weighted by atomic mass is 32.1. The van der Waals surface area contributed by atoms with Crippen molar-refractivity contribution in [2.45, 2.75) is 6.92 Å². The van der Waals surface area contributed by atoms with Gasteiger partial charge in [0.25, 0.3) is 0 Å². The van der Waals surface area contributed by atoms with Crippen molar-refractivity contribution in [1.29, 1.82) is 0 Å². The van der Waals surface area contributed by atoms with Crippen molar-refractivity contribution in [2.75, 3.05) is 5.43 Å². The van der Waals surface area contributed by atoms with Gasteiger partial charge in [-0.15, -0.1) is 11.3 Å². The van der Waals surface area contributed by atoms with Crippen LogP contribution in [0.1, 0.15) is 22.2 Å². The summed E-state index contributed by atoms with van der Waals surface area (Å²) < 4.78 is 0. The van der Waals surface area contributed by atoms with Crippen molar-refractivity contribution in [2.24, 2.45) is 5.10 Å². The normalized spacial score (nSPS) is 11.3. The Bertz CT molecular complexity index is 576. The largest absolute Gasteiger partial charge is 0.478 e. The lowest BCUT2D eigenvalue weighted by Gasteiger charge is -2.05. The zero-order valence-corrected chi connectivity index (χ0v) is 10.6. The SMILES string of the molecule is CC(=NNc1ccccc1C(=O)O)c1cccs1. The molecule has 0 saturated carbocycles. The van der Waals surface area contributed by atoms with Crippen LogP contribution >= 0.6 is 11.3 Å². The van der Waals surface area contributed by atoms with Crippen molar-refractivity contribution < 1.29 is 9.90 Å². The van der Waals surface area contributed by atoms with Gasteiger partial charge in [-0.05, 0) is 30.5 Å². The number of rotatable bonds is 4. The number of hydrazone groups is 1. The summed E-state index contributed by atoms with van der Waals surface area (Å²) >= 11 is 1.59. The Labute approximate surface area is 109 Å². The predicted molar refractivity (Wildman–Crippen MR) is 73.6 cm³/mol. The number of carboxylic acids is 1. The Hall–Kier alpha value is -2.14. The minimum Gasteiger partial charge on any atom is -0.478 e. The van der Waals surface area contributed by atoms with Crippen molar-refractivity contribution in [1.82, 2.24) is 0 Å². The van der Waals surface area contributed by atoms with Gasteiger partial charge in [-0.2, -0.15) is 5.10 Å². The highest BCUT2D eigenvalue weighted by Gasteiger charge is 2.08. The first-order valence-electron chi connectivity index (χ1n) is 5.35. The van der Waals surface area contributed by atoms with Crippen LogP contribution in [0.25, 0.3) is 0 Å². The van der Waals surface area contributed by atoms with Crippen molar-refractivity contribution in [3.63, 3.8) is 0 Å². The average molecular weight is 260 g/mol. The van der Waals surface area contributed by atoms with Gasteiger partial charge in [0.2, 0.25) is 0 Å². The quantitative estimate of drug-likeness (QED) is 0.655. The lowest BCUT2D eigenvalue weighted by Crippen LogP contribution is -2.04. The summed E-state index contributed by atoms with van der Waals surface area (Å²) in [6.07, 6.45) is 0. The van der Waals surface area contributed by atoms with E-state index in [2.05, 4.69) is 10.5 Å². The molecule has 0 aliphatic carbocycles. The molecular weight excluding hydrogens is 248 g/mol. The Morgan fingerprint density at radius 3 is 2.72 bits per heavy atom. The summed E-state index contributed by atoms with van der Waals surface area (Å²) in [6, 6.07) is 10.6. The maximum Gasteiger partial charge on any atom is 0.337 e. The van der Waals surface area contributed by atoms with E-state index in [-0.39, 0.29) is 5.56 Å². The maximum atomic E-state index is 11.0. The smallest absolute Gasteiger partial charge is 0.337 e. The Morgan fingerprint density at radius 2 is 2.06 bits per heavy atom. The van der Waals surface area contributed by atoms with Gasteiger partial charge in [0, 0.05) is 4.88 Å². The topological polar surface area (TPSA) is 61.7 Å². The van der Waals surface area contributed by atoms with Crippen LogP contribution in [0.3, 0.4) is 0 Å². The van der Waals surface area contributed by atoms with Gasteiger partial charge in [0.15, 0.2) is 0 Å². The Kier molecular flexibility index (Phi) is 3.74. The standard InChI is InChI=1S/C13H12N2O2S/c1-9(12-7-4-8-18-12)14-15-11-6-3-2-5-10(11)13(16)17/h2-8,15H,1H3,(H,16,17). The zero-order valence-electron chi connectivity index (χ0n) is 9.75. The number of nitrogens with zero attached hydrogens (tertiary/aromatic N) is 1. The van der Waals surface area contributed by atoms with Gasteiger partial charge in [-0.3, -0.25) is 5.43 Å². The zero-order chi connectivity index (χ0) is 13.0. The van der Waals surface area contributed by atoms with Crippen LogP contribution in [0.4, 0.5) is 5.69 Å². The molecule has 0 bridgehead atoms. The predicted octanol–water partition coefficient (Wildman–Crippen LogP) is 3.28. The lowest BCUT2D eigenvalue weighted by atomic mass is 10.2. The number of benzene rings is 1. The van der Waals surface area contributed by atoms with Crippen LogP contribution in [0.15, 0.2) is 46.9 Å². The third-order valence-corrected chi connectivity index (χ3v) is 3.36. The van der Waals surface area contributed by atoms with E-state index in [4.69, 9.17) is 5.11 Å². The Balaban J connectivity index is 2.20. The third kappa shape index (κ3) is 2.75. The van der Waals surface area contributed by atoms with Crippen LogP contribution < -0.4 is 5.43 Å². The van der Waals surface area contributed by atoms with E-state index in [9.17, 15) is 4.79 Å². The number of nitrogens with one attached hydrogen (secondary N) is 1.